The number of nitrogens with zero attached hydrogens (tertiary/aromatic N) is 2. The lowest BCUT2D eigenvalue weighted by atomic mass is 10.0. The molecule has 0 aliphatic carbocycles. The Morgan fingerprint density at radius 3 is 2.84 bits per heavy atom. The summed E-state index contributed by atoms with van der Waals surface area (Å²) >= 11 is 0. The molecule has 0 aliphatic heterocycles. The number of aromatic nitrogens is 2. The van der Waals surface area contributed by atoms with E-state index in [0.29, 0.717) is 29.4 Å². The number of hydrogen-bond acceptors (Lipinski definition) is 4. The molecule has 0 saturated carbocycles. The minimum Gasteiger partial charge on any atom is -0.339 e. The smallest absolute Gasteiger partial charge is 0.231 e. The Morgan fingerprint density at radius 2 is 2.21 bits per heavy atom. The van der Waals surface area contributed by atoms with E-state index in [1.54, 1.807) is 19.1 Å². The van der Waals surface area contributed by atoms with Crippen LogP contribution < -0.4 is 5.73 Å². The van der Waals surface area contributed by atoms with E-state index in [4.69, 9.17) is 10.3 Å². The van der Waals surface area contributed by atoms with Gasteiger partial charge in [0, 0.05) is 12.1 Å². The van der Waals surface area contributed by atoms with Crippen molar-refractivity contribution in [2.45, 2.75) is 32.6 Å². The van der Waals surface area contributed by atoms with E-state index >= 15 is 0 Å². The molecule has 4 nitrogen and oxygen atoms in total. The predicted octanol–water partition coefficient (Wildman–Crippen LogP) is 3.03. The van der Waals surface area contributed by atoms with Crippen molar-refractivity contribution in [1.82, 2.24) is 10.1 Å². The highest BCUT2D eigenvalue weighted by atomic mass is 19.1. The number of aryl methyl sites for hydroxylation is 1. The molecule has 0 spiro atoms. The molecule has 1 heterocycles. The first-order valence-electron chi connectivity index (χ1n) is 6.46. The van der Waals surface area contributed by atoms with E-state index in [1.165, 1.54) is 6.07 Å². The molecule has 1 aromatic carbocycles. The van der Waals surface area contributed by atoms with Gasteiger partial charge in [0.2, 0.25) is 11.7 Å². The Kier molecular flexibility index (Phi) is 4.27. The third kappa shape index (κ3) is 2.98. The highest BCUT2D eigenvalue weighted by molar-refractivity contribution is 5.55. The molecule has 1 atom stereocenters. The van der Waals surface area contributed by atoms with E-state index in [-0.39, 0.29) is 11.7 Å². The number of benzene rings is 1. The van der Waals surface area contributed by atoms with Gasteiger partial charge in [-0.2, -0.15) is 4.98 Å². The van der Waals surface area contributed by atoms with Gasteiger partial charge in [0.1, 0.15) is 5.82 Å². The van der Waals surface area contributed by atoms with E-state index < -0.39 is 0 Å². The van der Waals surface area contributed by atoms with Gasteiger partial charge in [0.05, 0.1) is 5.92 Å². The quantitative estimate of drug-likeness (QED) is 0.900. The van der Waals surface area contributed by atoms with Gasteiger partial charge in [-0.1, -0.05) is 30.6 Å². The van der Waals surface area contributed by atoms with Gasteiger partial charge in [-0.05, 0) is 25.0 Å². The minimum atomic E-state index is -0.271. The van der Waals surface area contributed by atoms with Gasteiger partial charge in [-0.25, -0.2) is 4.39 Å². The molecule has 5 heteroatoms. The second kappa shape index (κ2) is 5.93. The van der Waals surface area contributed by atoms with Crippen molar-refractivity contribution in [3.63, 3.8) is 0 Å². The topological polar surface area (TPSA) is 64.9 Å². The lowest BCUT2D eigenvalue weighted by molar-refractivity contribution is 0.347. The van der Waals surface area contributed by atoms with Crippen LogP contribution >= 0.6 is 0 Å². The molecule has 0 fully saturated rings. The highest BCUT2D eigenvalue weighted by Gasteiger charge is 2.17. The normalized spacial score (nSPS) is 12.6. The molecule has 1 unspecified atom stereocenters. The van der Waals surface area contributed by atoms with Crippen molar-refractivity contribution < 1.29 is 8.91 Å². The Bertz CT molecular complexity index is 553. The van der Waals surface area contributed by atoms with Crippen LogP contribution in [0.15, 0.2) is 22.7 Å². The zero-order valence-electron chi connectivity index (χ0n) is 11.2. The number of rotatable bonds is 5. The third-order valence-corrected chi connectivity index (χ3v) is 3.14. The molecular formula is C14H18FN3O. The molecule has 0 aliphatic rings. The van der Waals surface area contributed by atoms with Crippen LogP contribution in [-0.2, 0) is 0 Å². The van der Waals surface area contributed by atoms with E-state index in [9.17, 15) is 4.39 Å². The standard InChI is InChI=1S/C14H18FN3O/c1-3-4-11(8-16)14-17-13(18-19-14)10-6-5-9(2)12(15)7-10/h5-7,11H,3-4,8,16H2,1-2H3. The maximum Gasteiger partial charge on any atom is 0.231 e. The van der Waals surface area contributed by atoms with Gasteiger partial charge in [-0.3, -0.25) is 0 Å². The Hall–Kier alpha value is -1.75. The SMILES string of the molecule is CCCC(CN)c1nc(-c2ccc(C)c(F)c2)no1. The largest absolute Gasteiger partial charge is 0.339 e. The van der Waals surface area contributed by atoms with Crippen molar-refractivity contribution in [1.29, 1.82) is 0 Å². The molecule has 1 aromatic heterocycles. The summed E-state index contributed by atoms with van der Waals surface area (Å²) in [4.78, 5) is 4.32. The van der Waals surface area contributed by atoms with Gasteiger partial charge >= 0.3 is 0 Å². The molecule has 0 amide bonds. The van der Waals surface area contributed by atoms with Crippen molar-refractivity contribution in [2.75, 3.05) is 6.54 Å². The summed E-state index contributed by atoms with van der Waals surface area (Å²) < 4.78 is 18.7. The van der Waals surface area contributed by atoms with Crippen LogP contribution in [0.3, 0.4) is 0 Å². The molecular weight excluding hydrogens is 245 g/mol. The fourth-order valence-corrected chi connectivity index (χ4v) is 1.94. The summed E-state index contributed by atoms with van der Waals surface area (Å²) in [6, 6.07) is 4.90. The van der Waals surface area contributed by atoms with Crippen LogP contribution in [0, 0.1) is 12.7 Å². The van der Waals surface area contributed by atoms with Crippen molar-refractivity contribution in [3.8, 4) is 11.4 Å². The van der Waals surface area contributed by atoms with Gasteiger partial charge in [0.15, 0.2) is 0 Å². The van der Waals surface area contributed by atoms with Gasteiger partial charge < -0.3 is 10.3 Å². The average Bonchev–Trinajstić information content (AvgIpc) is 2.88. The first-order chi connectivity index (χ1) is 9.15. The lowest BCUT2D eigenvalue weighted by Gasteiger charge is -2.06. The van der Waals surface area contributed by atoms with Gasteiger partial charge in [-0.15, -0.1) is 0 Å². The molecule has 0 bridgehead atoms. The maximum absolute atomic E-state index is 13.5. The number of halogens is 1. The van der Waals surface area contributed by atoms with E-state index in [0.717, 1.165) is 12.8 Å². The van der Waals surface area contributed by atoms with E-state index in [2.05, 4.69) is 17.1 Å². The molecule has 19 heavy (non-hydrogen) atoms. The van der Waals surface area contributed by atoms with Crippen molar-refractivity contribution in [2.24, 2.45) is 5.73 Å². The molecule has 0 saturated heterocycles. The van der Waals surface area contributed by atoms with Crippen LogP contribution in [0.1, 0.15) is 37.1 Å². The Morgan fingerprint density at radius 1 is 1.42 bits per heavy atom. The molecule has 2 N–H and O–H groups in total. The predicted molar refractivity (Wildman–Crippen MR) is 71.1 cm³/mol. The summed E-state index contributed by atoms with van der Waals surface area (Å²) in [5.41, 5.74) is 6.91. The summed E-state index contributed by atoms with van der Waals surface area (Å²) in [7, 11) is 0. The minimum absolute atomic E-state index is 0.0709. The van der Waals surface area contributed by atoms with Crippen molar-refractivity contribution >= 4 is 0 Å². The Balaban J connectivity index is 2.27. The number of nitrogens with two attached hydrogens (primary N) is 1. The zero-order valence-corrected chi connectivity index (χ0v) is 11.2. The lowest BCUT2D eigenvalue weighted by Crippen LogP contribution is -2.12. The average molecular weight is 263 g/mol. The van der Waals surface area contributed by atoms with Crippen molar-refractivity contribution in [3.05, 3.63) is 35.5 Å². The van der Waals surface area contributed by atoms with Crippen LogP contribution in [-0.4, -0.2) is 16.7 Å². The first-order valence-corrected chi connectivity index (χ1v) is 6.46. The fourth-order valence-electron chi connectivity index (χ4n) is 1.94. The summed E-state index contributed by atoms with van der Waals surface area (Å²) in [5, 5.41) is 3.90. The van der Waals surface area contributed by atoms with Crippen LogP contribution in [0.25, 0.3) is 11.4 Å². The second-order valence-corrected chi connectivity index (χ2v) is 4.64. The van der Waals surface area contributed by atoms with Crippen LogP contribution in [0.4, 0.5) is 4.39 Å². The van der Waals surface area contributed by atoms with Crippen LogP contribution in [0.2, 0.25) is 0 Å². The molecule has 102 valence electrons. The van der Waals surface area contributed by atoms with Crippen LogP contribution in [0.5, 0.6) is 0 Å². The first kappa shape index (κ1) is 13.7. The second-order valence-electron chi connectivity index (χ2n) is 4.64. The summed E-state index contributed by atoms with van der Waals surface area (Å²) in [5.74, 6) is 0.734. The van der Waals surface area contributed by atoms with E-state index in [1.807, 2.05) is 0 Å². The summed E-state index contributed by atoms with van der Waals surface area (Å²) in [6.07, 6.45) is 1.90. The Labute approximate surface area is 111 Å². The van der Waals surface area contributed by atoms with Gasteiger partial charge in [0.25, 0.3) is 0 Å². The highest BCUT2D eigenvalue weighted by Crippen LogP contribution is 2.23. The zero-order chi connectivity index (χ0) is 13.8. The molecule has 2 rings (SSSR count). The number of hydrogen-bond donors (Lipinski definition) is 1. The molecule has 2 aromatic rings. The summed E-state index contributed by atoms with van der Waals surface area (Å²) in [6.45, 7) is 4.26. The third-order valence-electron chi connectivity index (χ3n) is 3.14. The monoisotopic (exact) mass is 263 g/mol. The maximum atomic E-state index is 13.5. The fraction of sp³-hybridized carbons (Fsp3) is 0.429. The molecule has 0 radical (unpaired) electrons.